The van der Waals surface area contributed by atoms with Gasteiger partial charge in [0.05, 0.1) is 16.2 Å². The SMILES string of the molecule is CNC(=O)c1cc([N+](=O)[O-])ccc1N1CCC(C(=O)c2ccc(Cl)cc2)CC1. The molecule has 7 nitrogen and oxygen atoms in total. The van der Waals surface area contributed by atoms with Crippen molar-refractivity contribution in [3.63, 3.8) is 0 Å². The lowest BCUT2D eigenvalue weighted by molar-refractivity contribution is -0.384. The topological polar surface area (TPSA) is 92.5 Å². The molecule has 0 aliphatic carbocycles. The molecule has 146 valence electrons. The van der Waals surface area contributed by atoms with Crippen LogP contribution in [0.4, 0.5) is 11.4 Å². The van der Waals surface area contributed by atoms with E-state index in [0.717, 1.165) is 0 Å². The summed E-state index contributed by atoms with van der Waals surface area (Å²) in [5, 5.41) is 14.2. The van der Waals surface area contributed by atoms with Gasteiger partial charge in [0, 0.05) is 48.8 Å². The predicted molar refractivity (Wildman–Crippen MR) is 107 cm³/mol. The fourth-order valence-electron chi connectivity index (χ4n) is 3.46. The number of nitro groups is 1. The van der Waals surface area contributed by atoms with E-state index in [2.05, 4.69) is 5.32 Å². The van der Waals surface area contributed by atoms with Crippen molar-refractivity contribution in [2.24, 2.45) is 5.92 Å². The van der Waals surface area contributed by atoms with E-state index >= 15 is 0 Å². The van der Waals surface area contributed by atoms with Gasteiger partial charge in [0.2, 0.25) is 0 Å². The lowest BCUT2D eigenvalue weighted by Gasteiger charge is -2.34. The van der Waals surface area contributed by atoms with Crippen molar-refractivity contribution >= 4 is 34.7 Å². The minimum absolute atomic E-state index is 0.0894. The molecule has 1 saturated heterocycles. The van der Waals surface area contributed by atoms with Gasteiger partial charge in [-0.05, 0) is 43.2 Å². The molecule has 1 aliphatic rings. The zero-order valence-corrected chi connectivity index (χ0v) is 16.1. The number of rotatable bonds is 5. The summed E-state index contributed by atoms with van der Waals surface area (Å²) in [5.74, 6) is -0.386. The van der Waals surface area contributed by atoms with Crippen LogP contribution in [-0.2, 0) is 0 Å². The number of amides is 1. The average Bonchev–Trinajstić information content (AvgIpc) is 2.73. The Morgan fingerprint density at radius 1 is 1.14 bits per heavy atom. The normalized spacial score (nSPS) is 14.6. The lowest BCUT2D eigenvalue weighted by atomic mass is 9.88. The Morgan fingerprint density at radius 3 is 2.36 bits per heavy atom. The van der Waals surface area contributed by atoms with Gasteiger partial charge in [0.15, 0.2) is 5.78 Å². The summed E-state index contributed by atoms with van der Waals surface area (Å²) >= 11 is 5.88. The summed E-state index contributed by atoms with van der Waals surface area (Å²) in [4.78, 5) is 37.4. The molecule has 1 heterocycles. The van der Waals surface area contributed by atoms with Crippen molar-refractivity contribution in [1.82, 2.24) is 5.32 Å². The number of nitrogens with zero attached hydrogens (tertiary/aromatic N) is 2. The van der Waals surface area contributed by atoms with Crippen LogP contribution in [0.15, 0.2) is 42.5 Å². The molecule has 0 bridgehead atoms. The monoisotopic (exact) mass is 401 g/mol. The molecule has 0 unspecified atom stereocenters. The fourth-order valence-corrected chi connectivity index (χ4v) is 3.59. The highest BCUT2D eigenvalue weighted by atomic mass is 35.5. The number of non-ortho nitro benzene ring substituents is 1. The van der Waals surface area contributed by atoms with Gasteiger partial charge in [0.1, 0.15) is 0 Å². The summed E-state index contributed by atoms with van der Waals surface area (Å²) in [6.45, 7) is 1.18. The molecular weight excluding hydrogens is 382 g/mol. The van der Waals surface area contributed by atoms with Gasteiger partial charge in [-0.25, -0.2) is 0 Å². The maximum atomic E-state index is 12.7. The average molecular weight is 402 g/mol. The predicted octanol–water partition coefficient (Wildman–Crippen LogP) is 3.71. The van der Waals surface area contributed by atoms with Gasteiger partial charge in [-0.15, -0.1) is 0 Å². The highest BCUT2D eigenvalue weighted by Gasteiger charge is 2.28. The molecule has 0 radical (unpaired) electrons. The summed E-state index contributed by atoms with van der Waals surface area (Å²) in [6.07, 6.45) is 1.29. The third-order valence-corrected chi connectivity index (χ3v) is 5.25. The van der Waals surface area contributed by atoms with Gasteiger partial charge in [-0.2, -0.15) is 0 Å². The van der Waals surface area contributed by atoms with E-state index in [0.29, 0.717) is 42.2 Å². The van der Waals surface area contributed by atoms with E-state index in [-0.39, 0.29) is 28.9 Å². The molecule has 8 heteroatoms. The molecule has 0 saturated carbocycles. The zero-order chi connectivity index (χ0) is 20.3. The molecule has 28 heavy (non-hydrogen) atoms. The van der Waals surface area contributed by atoms with Gasteiger partial charge >= 0.3 is 0 Å². The van der Waals surface area contributed by atoms with Crippen molar-refractivity contribution < 1.29 is 14.5 Å². The van der Waals surface area contributed by atoms with Crippen molar-refractivity contribution in [3.05, 3.63) is 68.7 Å². The number of carbonyl (C=O) groups excluding carboxylic acids is 2. The standard InChI is InChI=1S/C20H20ClN3O4/c1-22-20(26)17-12-16(24(27)28)6-7-18(17)23-10-8-14(9-11-23)19(25)13-2-4-15(21)5-3-13/h2-7,12,14H,8-11H2,1H3,(H,22,26). The maximum absolute atomic E-state index is 12.7. The largest absolute Gasteiger partial charge is 0.371 e. The van der Waals surface area contributed by atoms with E-state index in [1.54, 1.807) is 30.3 Å². The Morgan fingerprint density at radius 2 is 1.79 bits per heavy atom. The summed E-state index contributed by atoms with van der Waals surface area (Å²) < 4.78 is 0. The Balaban J connectivity index is 1.75. The lowest BCUT2D eigenvalue weighted by Crippen LogP contribution is -2.37. The first-order valence-electron chi connectivity index (χ1n) is 8.96. The van der Waals surface area contributed by atoms with Crippen molar-refractivity contribution in [2.75, 3.05) is 25.0 Å². The van der Waals surface area contributed by atoms with Gasteiger partial charge in [0.25, 0.3) is 11.6 Å². The minimum atomic E-state index is -0.521. The minimum Gasteiger partial charge on any atom is -0.371 e. The van der Waals surface area contributed by atoms with Gasteiger partial charge < -0.3 is 10.2 Å². The van der Waals surface area contributed by atoms with Crippen LogP contribution in [0.2, 0.25) is 5.02 Å². The number of halogens is 1. The number of piperidine rings is 1. The van der Waals surface area contributed by atoms with Crippen LogP contribution >= 0.6 is 11.6 Å². The molecule has 1 amide bonds. The Bertz CT molecular complexity index is 906. The molecule has 2 aromatic carbocycles. The number of hydrogen-bond acceptors (Lipinski definition) is 5. The van der Waals surface area contributed by atoms with Crippen LogP contribution in [0.1, 0.15) is 33.6 Å². The van der Waals surface area contributed by atoms with Crippen molar-refractivity contribution in [3.8, 4) is 0 Å². The molecule has 1 N–H and O–H groups in total. The van der Waals surface area contributed by atoms with Crippen LogP contribution in [0, 0.1) is 16.0 Å². The molecule has 0 spiro atoms. The van der Waals surface area contributed by atoms with Crippen LogP contribution in [0.25, 0.3) is 0 Å². The van der Waals surface area contributed by atoms with Gasteiger partial charge in [-0.3, -0.25) is 19.7 Å². The van der Waals surface area contributed by atoms with Crippen molar-refractivity contribution in [1.29, 1.82) is 0 Å². The first-order chi connectivity index (χ1) is 13.4. The third-order valence-electron chi connectivity index (χ3n) is 5.00. The summed E-state index contributed by atoms with van der Waals surface area (Å²) in [6, 6.07) is 11.2. The van der Waals surface area contributed by atoms with Crippen LogP contribution in [0.3, 0.4) is 0 Å². The molecule has 2 aromatic rings. The first-order valence-corrected chi connectivity index (χ1v) is 9.33. The quantitative estimate of drug-likeness (QED) is 0.468. The Hall–Kier alpha value is -2.93. The van der Waals surface area contributed by atoms with Crippen LogP contribution in [-0.4, -0.2) is 36.8 Å². The molecule has 1 fully saturated rings. The number of nitro benzene ring substituents is 1. The van der Waals surface area contributed by atoms with Gasteiger partial charge in [-0.1, -0.05) is 11.6 Å². The summed E-state index contributed by atoms with van der Waals surface area (Å²) in [7, 11) is 1.49. The molecular formula is C20H20ClN3O4. The number of anilines is 1. The maximum Gasteiger partial charge on any atom is 0.270 e. The number of carbonyl (C=O) groups is 2. The fraction of sp³-hybridized carbons (Fsp3) is 0.300. The van der Waals surface area contributed by atoms with E-state index in [1.165, 1.54) is 19.2 Å². The number of hydrogen-bond donors (Lipinski definition) is 1. The molecule has 0 aromatic heterocycles. The molecule has 3 rings (SSSR count). The smallest absolute Gasteiger partial charge is 0.270 e. The van der Waals surface area contributed by atoms with Crippen LogP contribution in [0.5, 0.6) is 0 Å². The highest BCUT2D eigenvalue weighted by Crippen LogP contribution is 2.30. The third kappa shape index (κ3) is 4.14. The van der Waals surface area contributed by atoms with E-state index < -0.39 is 4.92 Å². The van der Waals surface area contributed by atoms with Crippen molar-refractivity contribution in [2.45, 2.75) is 12.8 Å². The first kappa shape index (κ1) is 19.8. The number of benzene rings is 2. The summed E-state index contributed by atoms with van der Waals surface area (Å²) in [5.41, 5.74) is 1.42. The second kappa shape index (κ2) is 8.39. The Labute approximate surface area is 167 Å². The highest BCUT2D eigenvalue weighted by molar-refractivity contribution is 6.30. The number of nitrogens with one attached hydrogen (secondary N) is 1. The number of Topliss-reactive ketones (excluding diaryl/α,β-unsaturated/α-hetero) is 1. The van der Waals surface area contributed by atoms with Crippen LogP contribution < -0.4 is 10.2 Å². The second-order valence-electron chi connectivity index (χ2n) is 6.67. The zero-order valence-electron chi connectivity index (χ0n) is 15.4. The van der Waals surface area contributed by atoms with E-state index in [1.807, 2.05) is 4.90 Å². The number of ketones is 1. The molecule has 0 atom stereocenters. The van der Waals surface area contributed by atoms with E-state index in [4.69, 9.17) is 11.6 Å². The second-order valence-corrected chi connectivity index (χ2v) is 7.11. The molecule has 1 aliphatic heterocycles. The van der Waals surface area contributed by atoms with E-state index in [9.17, 15) is 19.7 Å². The Kier molecular flexibility index (Phi) is 5.94.